The lowest BCUT2D eigenvalue weighted by atomic mass is 10.1. The molecular weight excluding hydrogens is 242 g/mol. The molecule has 0 saturated carbocycles. The lowest BCUT2D eigenvalue weighted by Crippen LogP contribution is -1.99. The molecule has 0 atom stereocenters. The summed E-state index contributed by atoms with van der Waals surface area (Å²) in [5.41, 5.74) is 3.11. The molecule has 0 unspecified atom stereocenters. The summed E-state index contributed by atoms with van der Waals surface area (Å²) >= 11 is 1.75. The van der Waals surface area contributed by atoms with Crippen molar-refractivity contribution in [2.75, 3.05) is 12.4 Å². The Kier molecular flexibility index (Phi) is 2.72. The molecule has 2 aromatic heterocycles. The maximum absolute atomic E-state index is 4.54. The molecule has 0 fully saturated rings. The van der Waals surface area contributed by atoms with Gasteiger partial charge in [-0.05, 0) is 29.8 Å². The molecule has 4 heteroatoms. The summed E-state index contributed by atoms with van der Waals surface area (Å²) in [6.45, 7) is 1.99. The van der Waals surface area contributed by atoms with Gasteiger partial charge < -0.3 is 5.32 Å². The zero-order valence-electron chi connectivity index (χ0n) is 10.3. The van der Waals surface area contributed by atoms with E-state index < -0.39 is 0 Å². The largest absolute Gasteiger partial charge is 0.357 e. The second-order valence-electron chi connectivity index (χ2n) is 4.11. The molecule has 0 aliphatic carbocycles. The number of thiophene rings is 1. The summed E-state index contributed by atoms with van der Waals surface area (Å²) in [6.07, 6.45) is 0. The van der Waals surface area contributed by atoms with Crippen molar-refractivity contribution in [3.63, 3.8) is 0 Å². The monoisotopic (exact) mass is 255 g/mol. The highest BCUT2D eigenvalue weighted by atomic mass is 32.1. The van der Waals surface area contributed by atoms with Crippen LogP contribution in [0.4, 0.5) is 5.95 Å². The van der Waals surface area contributed by atoms with Crippen molar-refractivity contribution >= 4 is 27.4 Å². The lowest BCUT2D eigenvalue weighted by molar-refractivity contribution is 1.10. The normalized spacial score (nSPS) is 10.8. The van der Waals surface area contributed by atoms with Crippen LogP contribution >= 0.6 is 11.3 Å². The van der Waals surface area contributed by atoms with Crippen LogP contribution in [0, 0.1) is 6.92 Å². The number of aromatic nitrogens is 2. The first kappa shape index (κ1) is 11.2. The van der Waals surface area contributed by atoms with E-state index in [-0.39, 0.29) is 0 Å². The van der Waals surface area contributed by atoms with Gasteiger partial charge in [-0.15, -0.1) is 11.3 Å². The maximum Gasteiger partial charge on any atom is 0.223 e. The third-order valence-corrected chi connectivity index (χ3v) is 3.80. The van der Waals surface area contributed by atoms with Gasteiger partial charge in [0.15, 0.2) is 0 Å². The number of hydrogen-bond donors (Lipinski definition) is 1. The first-order valence-electron chi connectivity index (χ1n) is 5.78. The highest BCUT2D eigenvalue weighted by molar-refractivity contribution is 7.17. The average Bonchev–Trinajstić information content (AvgIpc) is 2.85. The van der Waals surface area contributed by atoms with E-state index in [1.54, 1.807) is 11.3 Å². The molecule has 3 rings (SSSR count). The molecular formula is C14H13N3S. The smallest absolute Gasteiger partial charge is 0.223 e. The minimum Gasteiger partial charge on any atom is -0.357 e. The van der Waals surface area contributed by atoms with Crippen LogP contribution in [0.15, 0.2) is 35.7 Å². The Morgan fingerprint density at radius 3 is 2.89 bits per heavy atom. The predicted octanol–water partition coefficient (Wildman–Crippen LogP) is 3.71. The molecule has 2 heterocycles. The molecule has 18 heavy (non-hydrogen) atoms. The standard InChI is InChI=1S/C14H13N3S/c1-9-8-12(17-14(15-2)16-9)11-5-3-4-10-6-7-18-13(10)11/h3-8H,1-2H3,(H,15,16,17). The fourth-order valence-corrected chi connectivity index (χ4v) is 2.94. The molecule has 0 saturated heterocycles. The number of nitrogens with zero attached hydrogens (tertiary/aromatic N) is 2. The Balaban J connectivity index is 2.25. The molecule has 1 aromatic carbocycles. The first-order chi connectivity index (χ1) is 8.78. The number of anilines is 1. The summed E-state index contributed by atoms with van der Waals surface area (Å²) in [5, 5.41) is 6.38. The van der Waals surface area contributed by atoms with E-state index in [0.717, 1.165) is 11.4 Å². The van der Waals surface area contributed by atoms with Crippen LogP contribution in [-0.2, 0) is 0 Å². The van der Waals surface area contributed by atoms with Crippen molar-refractivity contribution in [3.8, 4) is 11.3 Å². The van der Waals surface area contributed by atoms with Crippen LogP contribution in [-0.4, -0.2) is 17.0 Å². The van der Waals surface area contributed by atoms with E-state index in [0.29, 0.717) is 5.95 Å². The Morgan fingerprint density at radius 2 is 2.06 bits per heavy atom. The fourth-order valence-electron chi connectivity index (χ4n) is 2.01. The first-order valence-corrected chi connectivity index (χ1v) is 6.66. The number of fused-ring (bicyclic) bond motifs is 1. The van der Waals surface area contributed by atoms with Crippen LogP contribution in [0.3, 0.4) is 0 Å². The fraction of sp³-hybridized carbons (Fsp3) is 0.143. The summed E-state index contributed by atoms with van der Waals surface area (Å²) in [4.78, 5) is 8.86. The number of hydrogen-bond acceptors (Lipinski definition) is 4. The minimum absolute atomic E-state index is 0.665. The third kappa shape index (κ3) is 1.84. The highest BCUT2D eigenvalue weighted by Crippen LogP contribution is 2.31. The van der Waals surface area contributed by atoms with Crippen molar-refractivity contribution < 1.29 is 0 Å². The van der Waals surface area contributed by atoms with E-state index in [1.807, 2.05) is 20.0 Å². The number of benzene rings is 1. The van der Waals surface area contributed by atoms with Gasteiger partial charge in [0.05, 0.1) is 5.69 Å². The van der Waals surface area contributed by atoms with Gasteiger partial charge in [0.1, 0.15) is 0 Å². The maximum atomic E-state index is 4.54. The van der Waals surface area contributed by atoms with Gasteiger partial charge in [-0.2, -0.15) is 0 Å². The van der Waals surface area contributed by atoms with E-state index in [9.17, 15) is 0 Å². The highest BCUT2D eigenvalue weighted by Gasteiger charge is 2.08. The number of aryl methyl sites for hydroxylation is 1. The average molecular weight is 255 g/mol. The van der Waals surface area contributed by atoms with Crippen molar-refractivity contribution in [3.05, 3.63) is 41.4 Å². The topological polar surface area (TPSA) is 37.8 Å². The van der Waals surface area contributed by atoms with Gasteiger partial charge in [-0.25, -0.2) is 9.97 Å². The Bertz CT molecular complexity index is 703. The van der Waals surface area contributed by atoms with Gasteiger partial charge in [0.25, 0.3) is 0 Å². The Hall–Kier alpha value is -1.94. The summed E-state index contributed by atoms with van der Waals surface area (Å²) in [5.74, 6) is 0.665. The second kappa shape index (κ2) is 4.38. The summed E-state index contributed by atoms with van der Waals surface area (Å²) in [6, 6.07) is 10.5. The van der Waals surface area contributed by atoms with E-state index in [1.165, 1.54) is 15.6 Å². The molecule has 0 aliphatic heterocycles. The SMILES string of the molecule is CNc1nc(C)cc(-c2cccc3ccsc23)n1. The Labute approximate surface area is 110 Å². The van der Waals surface area contributed by atoms with Crippen molar-refractivity contribution in [1.29, 1.82) is 0 Å². The van der Waals surface area contributed by atoms with Gasteiger partial charge >= 0.3 is 0 Å². The molecule has 0 aliphatic rings. The molecule has 3 nitrogen and oxygen atoms in total. The van der Waals surface area contributed by atoms with Crippen LogP contribution in [0.5, 0.6) is 0 Å². The molecule has 3 aromatic rings. The van der Waals surface area contributed by atoms with E-state index in [2.05, 4.69) is 44.9 Å². The summed E-state index contributed by atoms with van der Waals surface area (Å²) < 4.78 is 1.28. The predicted molar refractivity (Wildman–Crippen MR) is 77.1 cm³/mol. The van der Waals surface area contributed by atoms with Gasteiger partial charge in [0.2, 0.25) is 5.95 Å². The molecule has 0 bridgehead atoms. The van der Waals surface area contributed by atoms with Gasteiger partial charge in [0, 0.05) is 23.0 Å². The minimum atomic E-state index is 0.665. The number of rotatable bonds is 2. The third-order valence-electron chi connectivity index (χ3n) is 2.83. The van der Waals surface area contributed by atoms with Crippen LogP contribution < -0.4 is 5.32 Å². The van der Waals surface area contributed by atoms with Crippen molar-refractivity contribution in [2.24, 2.45) is 0 Å². The Morgan fingerprint density at radius 1 is 1.17 bits per heavy atom. The van der Waals surface area contributed by atoms with Crippen molar-refractivity contribution in [1.82, 2.24) is 9.97 Å². The second-order valence-corrected chi connectivity index (χ2v) is 5.03. The molecule has 0 spiro atoms. The van der Waals surface area contributed by atoms with Crippen LogP contribution in [0.1, 0.15) is 5.69 Å². The van der Waals surface area contributed by atoms with Gasteiger partial charge in [-0.1, -0.05) is 18.2 Å². The lowest BCUT2D eigenvalue weighted by Gasteiger charge is -2.06. The van der Waals surface area contributed by atoms with Crippen LogP contribution in [0.25, 0.3) is 21.3 Å². The van der Waals surface area contributed by atoms with Crippen LogP contribution in [0.2, 0.25) is 0 Å². The van der Waals surface area contributed by atoms with E-state index >= 15 is 0 Å². The quantitative estimate of drug-likeness (QED) is 0.758. The molecule has 0 amide bonds. The van der Waals surface area contributed by atoms with E-state index in [4.69, 9.17) is 0 Å². The summed E-state index contributed by atoms with van der Waals surface area (Å²) in [7, 11) is 1.84. The van der Waals surface area contributed by atoms with Gasteiger partial charge in [-0.3, -0.25) is 0 Å². The zero-order chi connectivity index (χ0) is 12.5. The molecule has 90 valence electrons. The molecule has 0 radical (unpaired) electrons. The molecule has 1 N–H and O–H groups in total. The zero-order valence-corrected chi connectivity index (χ0v) is 11.1. The van der Waals surface area contributed by atoms with Crippen molar-refractivity contribution in [2.45, 2.75) is 6.92 Å². The number of nitrogens with one attached hydrogen (secondary N) is 1.